The van der Waals surface area contributed by atoms with Crippen LogP contribution in [0.5, 0.6) is 0 Å². The number of fused-ring (bicyclic) bond motifs is 1. The largest absolute Gasteiger partial charge is 0.403 e. The molecular weight excluding hydrogens is 462 g/mol. The van der Waals surface area contributed by atoms with Crippen LogP contribution in [-0.4, -0.2) is 21.7 Å². The molecule has 2 amide bonds. The topological polar surface area (TPSA) is 124 Å². The fourth-order valence-electron chi connectivity index (χ4n) is 4.56. The van der Waals surface area contributed by atoms with Gasteiger partial charge in [-0.25, -0.2) is 14.7 Å². The summed E-state index contributed by atoms with van der Waals surface area (Å²) in [7, 11) is 0. The van der Waals surface area contributed by atoms with E-state index in [1.807, 2.05) is 13.0 Å². The van der Waals surface area contributed by atoms with Crippen LogP contribution in [0.1, 0.15) is 26.3 Å². The zero-order valence-corrected chi connectivity index (χ0v) is 18.7. The van der Waals surface area contributed by atoms with E-state index in [2.05, 4.69) is 4.98 Å². The van der Waals surface area contributed by atoms with Crippen LogP contribution in [0, 0.1) is 17.0 Å². The summed E-state index contributed by atoms with van der Waals surface area (Å²) in [5.41, 5.74) is 1.65. The second kappa shape index (κ2) is 7.67. The van der Waals surface area contributed by atoms with Crippen LogP contribution in [0.3, 0.4) is 0 Å². The molecule has 2 heterocycles. The van der Waals surface area contributed by atoms with E-state index in [1.165, 1.54) is 30.3 Å². The summed E-state index contributed by atoms with van der Waals surface area (Å²) in [6, 6.07) is 18.9. The van der Waals surface area contributed by atoms with Gasteiger partial charge >= 0.3 is 5.63 Å². The molecule has 0 N–H and O–H groups in total. The molecule has 0 unspecified atom stereocenters. The van der Waals surface area contributed by atoms with Gasteiger partial charge in [-0.3, -0.25) is 19.7 Å². The van der Waals surface area contributed by atoms with Crippen LogP contribution in [0.4, 0.5) is 11.4 Å². The molecule has 0 fully saturated rings. The first-order chi connectivity index (χ1) is 17.3. The molecule has 1 aromatic heterocycles. The number of anilines is 1. The Balaban J connectivity index is 1.48. The number of carbonyl (C=O) groups excluding carboxylic acids is 2. The molecule has 6 rings (SSSR count). The van der Waals surface area contributed by atoms with Gasteiger partial charge in [0.05, 0.1) is 26.9 Å². The highest BCUT2D eigenvalue weighted by molar-refractivity contribution is 6.36. The standard InChI is InChI=1S/C27H15N3O6/c1-14-8-10-21-20(12-14)27(33)36-24(28-21)15-4-2-5-16(13-15)29-25(31)18-7-3-6-17-22(30(34)35)11-9-19(23(17)18)26(29)32/h2-13H,1H3. The Labute approximate surface area is 202 Å². The molecule has 9 heteroatoms. The van der Waals surface area contributed by atoms with E-state index in [1.54, 1.807) is 36.4 Å². The van der Waals surface area contributed by atoms with Crippen molar-refractivity contribution < 1.29 is 18.9 Å². The highest BCUT2D eigenvalue weighted by atomic mass is 16.6. The van der Waals surface area contributed by atoms with E-state index in [0.717, 1.165) is 10.5 Å². The Morgan fingerprint density at radius 3 is 2.39 bits per heavy atom. The van der Waals surface area contributed by atoms with E-state index in [-0.39, 0.29) is 39.2 Å². The van der Waals surface area contributed by atoms with Gasteiger partial charge in [-0.1, -0.05) is 23.8 Å². The van der Waals surface area contributed by atoms with E-state index < -0.39 is 22.4 Å². The van der Waals surface area contributed by atoms with Crippen molar-refractivity contribution in [3.8, 4) is 11.5 Å². The first-order valence-corrected chi connectivity index (χ1v) is 10.9. The summed E-state index contributed by atoms with van der Waals surface area (Å²) in [6.07, 6.45) is 0. The van der Waals surface area contributed by atoms with Gasteiger partial charge in [0.15, 0.2) is 0 Å². The third-order valence-electron chi connectivity index (χ3n) is 6.22. The maximum absolute atomic E-state index is 13.5. The van der Waals surface area contributed by atoms with Gasteiger partial charge < -0.3 is 4.42 Å². The molecule has 0 spiro atoms. The van der Waals surface area contributed by atoms with Gasteiger partial charge in [0.2, 0.25) is 5.89 Å². The summed E-state index contributed by atoms with van der Waals surface area (Å²) in [5.74, 6) is -1.17. The highest BCUT2D eigenvalue weighted by Crippen LogP contribution is 2.37. The van der Waals surface area contributed by atoms with Crippen molar-refractivity contribution in [2.24, 2.45) is 0 Å². The number of carbonyl (C=O) groups is 2. The summed E-state index contributed by atoms with van der Waals surface area (Å²) in [6.45, 7) is 1.86. The molecule has 1 aliphatic heterocycles. The lowest BCUT2D eigenvalue weighted by atomic mass is 9.92. The highest BCUT2D eigenvalue weighted by Gasteiger charge is 2.35. The van der Waals surface area contributed by atoms with Crippen molar-refractivity contribution in [1.29, 1.82) is 0 Å². The number of imide groups is 1. The van der Waals surface area contributed by atoms with Crippen LogP contribution < -0.4 is 10.5 Å². The summed E-state index contributed by atoms with van der Waals surface area (Å²) in [4.78, 5) is 55.9. The number of nitro groups is 1. The average molecular weight is 477 g/mol. The quantitative estimate of drug-likeness (QED) is 0.203. The third-order valence-corrected chi connectivity index (χ3v) is 6.22. The number of amides is 2. The Morgan fingerprint density at radius 1 is 0.861 bits per heavy atom. The lowest BCUT2D eigenvalue weighted by Crippen LogP contribution is -2.40. The molecule has 36 heavy (non-hydrogen) atoms. The number of aromatic nitrogens is 1. The molecule has 1 aliphatic rings. The number of hydrogen-bond acceptors (Lipinski definition) is 7. The molecular formula is C27H15N3O6. The third kappa shape index (κ3) is 3.10. The number of nitrogens with zero attached hydrogens (tertiary/aromatic N) is 3. The van der Waals surface area contributed by atoms with Crippen molar-refractivity contribution in [3.63, 3.8) is 0 Å². The Kier molecular flexibility index (Phi) is 4.55. The number of non-ortho nitro benzene ring substituents is 1. The van der Waals surface area contributed by atoms with Gasteiger partial charge in [-0.2, -0.15) is 0 Å². The maximum atomic E-state index is 13.5. The monoisotopic (exact) mass is 477 g/mol. The van der Waals surface area contributed by atoms with Crippen LogP contribution >= 0.6 is 0 Å². The van der Waals surface area contributed by atoms with Crippen molar-refractivity contribution in [2.45, 2.75) is 6.92 Å². The minimum absolute atomic E-state index is 0.0493. The summed E-state index contributed by atoms with van der Waals surface area (Å²) >= 11 is 0. The lowest BCUT2D eigenvalue weighted by Gasteiger charge is -2.27. The molecule has 0 aliphatic carbocycles. The number of nitro benzene ring substituents is 1. The Morgan fingerprint density at radius 2 is 1.61 bits per heavy atom. The zero-order valence-electron chi connectivity index (χ0n) is 18.7. The predicted octanol–water partition coefficient (Wildman–Crippen LogP) is 5.03. The minimum Gasteiger partial charge on any atom is -0.403 e. The van der Waals surface area contributed by atoms with Crippen molar-refractivity contribution in [3.05, 3.63) is 110 Å². The normalized spacial score (nSPS) is 13.0. The van der Waals surface area contributed by atoms with Crippen LogP contribution in [-0.2, 0) is 0 Å². The van der Waals surface area contributed by atoms with Gasteiger partial charge in [0, 0.05) is 28.1 Å². The van der Waals surface area contributed by atoms with Crippen LogP contribution in [0.15, 0.2) is 82.0 Å². The average Bonchev–Trinajstić information content (AvgIpc) is 2.87. The number of hydrogen-bond donors (Lipinski definition) is 0. The van der Waals surface area contributed by atoms with Crippen molar-refractivity contribution in [2.75, 3.05) is 4.90 Å². The first-order valence-electron chi connectivity index (χ1n) is 10.9. The van der Waals surface area contributed by atoms with Gasteiger partial charge in [0.1, 0.15) is 0 Å². The molecule has 0 bridgehead atoms. The fourth-order valence-corrected chi connectivity index (χ4v) is 4.56. The van der Waals surface area contributed by atoms with E-state index in [9.17, 15) is 24.5 Å². The first kappa shape index (κ1) is 21.4. The minimum atomic E-state index is -0.612. The molecule has 0 saturated carbocycles. The molecule has 0 atom stereocenters. The van der Waals surface area contributed by atoms with Gasteiger partial charge in [-0.15, -0.1) is 0 Å². The fraction of sp³-hybridized carbons (Fsp3) is 0.0370. The van der Waals surface area contributed by atoms with Gasteiger partial charge in [0.25, 0.3) is 17.5 Å². The van der Waals surface area contributed by atoms with Gasteiger partial charge in [-0.05, 0) is 55.5 Å². The molecule has 4 aromatic carbocycles. The van der Waals surface area contributed by atoms with E-state index in [4.69, 9.17) is 4.42 Å². The SMILES string of the molecule is Cc1ccc2nc(-c3cccc(N4C(=O)c5cccc6c([N+](=O)[O-])ccc(c56)C4=O)c3)oc(=O)c2c1. The predicted molar refractivity (Wildman–Crippen MR) is 132 cm³/mol. The second-order valence-electron chi connectivity index (χ2n) is 8.44. The zero-order chi connectivity index (χ0) is 25.1. The van der Waals surface area contributed by atoms with Crippen LogP contribution in [0.25, 0.3) is 33.1 Å². The smallest absolute Gasteiger partial charge is 0.347 e. The molecule has 174 valence electrons. The van der Waals surface area contributed by atoms with Crippen molar-refractivity contribution in [1.82, 2.24) is 4.98 Å². The van der Waals surface area contributed by atoms with E-state index in [0.29, 0.717) is 16.5 Å². The number of aryl methyl sites for hydroxylation is 1. The summed E-state index contributed by atoms with van der Waals surface area (Å²) < 4.78 is 5.45. The summed E-state index contributed by atoms with van der Waals surface area (Å²) in [5, 5.41) is 12.3. The Hall–Kier alpha value is -5.18. The van der Waals surface area contributed by atoms with E-state index >= 15 is 0 Å². The second-order valence-corrected chi connectivity index (χ2v) is 8.44. The molecule has 9 nitrogen and oxygen atoms in total. The number of benzene rings is 4. The molecule has 0 saturated heterocycles. The molecule has 5 aromatic rings. The lowest BCUT2D eigenvalue weighted by molar-refractivity contribution is -0.383. The maximum Gasteiger partial charge on any atom is 0.347 e. The van der Waals surface area contributed by atoms with Crippen LogP contribution in [0.2, 0.25) is 0 Å². The molecule has 0 radical (unpaired) electrons. The number of rotatable bonds is 3. The van der Waals surface area contributed by atoms with Crippen molar-refractivity contribution >= 4 is 44.9 Å². The Bertz CT molecular complexity index is 1830.